The van der Waals surface area contributed by atoms with Crippen LogP contribution in [0.1, 0.15) is 39.6 Å². The zero-order valence-electron chi connectivity index (χ0n) is 17.7. The zero-order valence-corrected chi connectivity index (χ0v) is 18.5. The molecule has 0 heterocycles. The molecule has 3 unspecified atom stereocenters. The average molecular weight is 463 g/mol. The van der Waals surface area contributed by atoms with Gasteiger partial charge in [0.1, 0.15) is 12.0 Å². The van der Waals surface area contributed by atoms with Gasteiger partial charge in [-0.25, -0.2) is 8.78 Å². The lowest BCUT2D eigenvalue weighted by Crippen LogP contribution is -2.42. The van der Waals surface area contributed by atoms with Crippen molar-refractivity contribution in [3.05, 3.63) is 81.7 Å². The van der Waals surface area contributed by atoms with E-state index < -0.39 is 30.1 Å². The molecule has 0 bridgehead atoms. The van der Waals surface area contributed by atoms with E-state index in [0.29, 0.717) is 28.7 Å². The number of alkyl halides is 1. The maximum Gasteiger partial charge on any atom is 0.251 e. The van der Waals surface area contributed by atoms with Gasteiger partial charge in [0.15, 0.2) is 5.78 Å². The van der Waals surface area contributed by atoms with Gasteiger partial charge in [-0.05, 0) is 56.2 Å². The molecule has 3 rings (SSSR count). The van der Waals surface area contributed by atoms with Gasteiger partial charge in [0.05, 0.1) is 12.1 Å². The molecule has 0 fully saturated rings. The quantitative estimate of drug-likeness (QED) is 0.538. The second kappa shape index (κ2) is 10.3. The highest BCUT2D eigenvalue weighted by Gasteiger charge is 2.27. The van der Waals surface area contributed by atoms with Gasteiger partial charge in [0.2, 0.25) is 0 Å². The smallest absolute Gasteiger partial charge is 0.251 e. The van der Waals surface area contributed by atoms with Crippen LogP contribution in [0.5, 0.6) is 0 Å². The fourth-order valence-corrected chi connectivity index (χ4v) is 3.81. The first-order chi connectivity index (χ1) is 15.2. The number of aryl methyl sites for hydroxylation is 1. The van der Waals surface area contributed by atoms with E-state index >= 15 is 0 Å². The van der Waals surface area contributed by atoms with Crippen LogP contribution >= 0.6 is 11.6 Å². The Hall–Kier alpha value is -2.61. The summed E-state index contributed by atoms with van der Waals surface area (Å²) >= 11 is 6.38. The zero-order chi connectivity index (χ0) is 23.4. The van der Waals surface area contributed by atoms with Gasteiger partial charge in [-0.2, -0.15) is 0 Å². The highest BCUT2D eigenvalue weighted by Crippen LogP contribution is 2.28. The van der Waals surface area contributed by atoms with Crippen molar-refractivity contribution in [2.24, 2.45) is 0 Å². The number of hydrogen-bond donors (Lipinski definition) is 3. The van der Waals surface area contributed by atoms with Crippen LogP contribution in [-0.4, -0.2) is 47.7 Å². The van der Waals surface area contributed by atoms with Crippen molar-refractivity contribution in [1.29, 1.82) is 0 Å². The first kappa shape index (κ1) is 24.0. The van der Waals surface area contributed by atoms with Crippen molar-refractivity contribution >= 4 is 23.3 Å². The van der Waals surface area contributed by atoms with E-state index in [2.05, 4.69) is 10.6 Å². The van der Waals surface area contributed by atoms with E-state index in [1.54, 1.807) is 38.1 Å². The lowest BCUT2D eigenvalue weighted by Gasteiger charge is -2.26. The van der Waals surface area contributed by atoms with Crippen molar-refractivity contribution in [3.8, 4) is 0 Å². The number of Topliss-reactive ketones (excluding diaryl/α,β-unsaturated/α-hetero) is 1. The van der Waals surface area contributed by atoms with Crippen molar-refractivity contribution in [2.75, 3.05) is 6.54 Å². The predicted octanol–water partition coefficient (Wildman–Crippen LogP) is 3.83. The lowest BCUT2D eigenvalue weighted by atomic mass is 9.92. The average Bonchev–Trinajstić information content (AvgIpc) is 2.74. The Morgan fingerprint density at radius 3 is 2.72 bits per heavy atom. The summed E-state index contributed by atoms with van der Waals surface area (Å²) in [6.45, 7) is 3.42. The first-order valence-corrected chi connectivity index (χ1v) is 10.7. The number of nitrogens with one attached hydrogen (secondary N) is 2. The third kappa shape index (κ3) is 5.79. The Morgan fingerprint density at radius 2 is 2.06 bits per heavy atom. The Balaban J connectivity index is 1.72. The van der Waals surface area contributed by atoms with Gasteiger partial charge in [0.25, 0.3) is 5.91 Å². The van der Waals surface area contributed by atoms with E-state index in [-0.39, 0.29) is 23.4 Å². The molecule has 1 aromatic carbocycles. The third-order valence-corrected chi connectivity index (χ3v) is 5.59. The van der Waals surface area contributed by atoms with E-state index in [1.807, 2.05) is 0 Å². The van der Waals surface area contributed by atoms with Crippen LogP contribution in [0.4, 0.5) is 8.78 Å². The number of carbonyl (C=O) groups excluding carboxylic acids is 2. The molecule has 0 aromatic heterocycles. The molecule has 0 saturated carbocycles. The SMILES string of the molecule is Cc1ccc(C(=O)NC[C@H](C)O)cc1C(=O)C1=CCC(NC2C=CC(F)=CC2F)C=C1Cl. The summed E-state index contributed by atoms with van der Waals surface area (Å²) in [5.74, 6) is -1.33. The number of rotatable bonds is 7. The van der Waals surface area contributed by atoms with Crippen molar-refractivity contribution in [2.45, 2.75) is 44.6 Å². The van der Waals surface area contributed by atoms with Gasteiger partial charge in [-0.3, -0.25) is 9.59 Å². The third-order valence-electron chi connectivity index (χ3n) is 5.26. The normalized spacial score (nSPS) is 23.7. The molecule has 1 amide bonds. The molecular weight excluding hydrogens is 438 g/mol. The van der Waals surface area contributed by atoms with Crippen LogP contribution in [0, 0.1) is 6.92 Å². The highest BCUT2D eigenvalue weighted by atomic mass is 35.5. The Morgan fingerprint density at radius 1 is 1.31 bits per heavy atom. The second-order valence-electron chi connectivity index (χ2n) is 7.94. The summed E-state index contributed by atoms with van der Waals surface area (Å²) in [5.41, 5.74) is 1.64. The number of halogens is 3. The maximum atomic E-state index is 14.0. The summed E-state index contributed by atoms with van der Waals surface area (Å²) in [7, 11) is 0. The summed E-state index contributed by atoms with van der Waals surface area (Å²) in [5, 5.41) is 15.2. The number of benzene rings is 1. The van der Waals surface area contributed by atoms with E-state index in [1.165, 1.54) is 18.2 Å². The molecule has 0 radical (unpaired) electrons. The molecule has 5 nitrogen and oxygen atoms in total. The number of hydrogen-bond acceptors (Lipinski definition) is 4. The number of carbonyl (C=O) groups is 2. The monoisotopic (exact) mass is 462 g/mol. The lowest BCUT2D eigenvalue weighted by molar-refractivity contribution is 0.0924. The molecule has 2 aliphatic rings. The van der Waals surface area contributed by atoms with E-state index in [4.69, 9.17) is 11.6 Å². The Kier molecular flexibility index (Phi) is 7.77. The second-order valence-corrected chi connectivity index (χ2v) is 8.35. The first-order valence-electron chi connectivity index (χ1n) is 10.3. The van der Waals surface area contributed by atoms with E-state index in [9.17, 15) is 23.5 Å². The minimum absolute atomic E-state index is 0.0997. The van der Waals surface area contributed by atoms with Crippen molar-refractivity contribution in [1.82, 2.24) is 10.6 Å². The Labute approximate surface area is 190 Å². The Bertz CT molecular complexity index is 1030. The number of aliphatic hydroxyl groups is 1. The fraction of sp³-hybridized carbons (Fsp3) is 0.333. The predicted molar refractivity (Wildman–Crippen MR) is 120 cm³/mol. The summed E-state index contributed by atoms with van der Waals surface area (Å²) in [4.78, 5) is 25.4. The minimum atomic E-state index is -1.50. The van der Waals surface area contributed by atoms with Crippen LogP contribution in [0.25, 0.3) is 0 Å². The molecule has 0 aliphatic heterocycles. The van der Waals surface area contributed by atoms with Gasteiger partial charge in [0, 0.05) is 34.3 Å². The molecule has 1 aromatic rings. The van der Waals surface area contributed by atoms with Gasteiger partial charge < -0.3 is 15.7 Å². The number of aliphatic hydroxyl groups excluding tert-OH is 1. The molecule has 0 saturated heterocycles. The molecule has 3 N–H and O–H groups in total. The number of allylic oxidation sites excluding steroid dienone is 4. The summed E-state index contributed by atoms with van der Waals surface area (Å²) < 4.78 is 27.2. The van der Waals surface area contributed by atoms with Crippen molar-refractivity contribution in [3.63, 3.8) is 0 Å². The molecule has 32 heavy (non-hydrogen) atoms. The fourth-order valence-electron chi connectivity index (χ4n) is 3.50. The molecule has 2 aliphatic carbocycles. The van der Waals surface area contributed by atoms with Crippen LogP contribution in [-0.2, 0) is 0 Å². The van der Waals surface area contributed by atoms with Gasteiger partial charge in [-0.15, -0.1) is 0 Å². The standard InChI is InChI=1S/C24H25ClF2N2O3/c1-13-3-4-15(24(32)28-12-14(2)30)9-19(13)23(31)18-7-6-17(11-20(18)25)29-22-8-5-16(26)10-21(22)27/h3-5,7-11,14,17,21-22,29-30H,6,12H2,1-2H3,(H,28,32)/t14-,17?,21?,22?/m0/s1. The topological polar surface area (TPSA) is 78.4 Å². The van der Waals surface area contributed by atoms with Gasteiger partial charge in [-0.1, -0.05) is 29.8 Å². The molecule has 170 valence electrons. The van der Waals surface area contributed by atoms with Gasteiger partial charge >= 0.3 is 0 Å². The van der Waals surface area contributed by atoms with Crippen LogP contribution in [0.15, 0.2) is 65.0 Å². The van der Waals surface area contributed by atoms with Crippen LogP contribution in [0.2, 0.25) is 0 Å². The molecule has 0 spiro atoms. The molecule has 4 atom stereocenters. The summed E-state index contributed by atoms with van der Waals surface area (Å²) in [6.07, 6.45) is 5.07. The van der Waals surface area contributed by atoms with E-state index in [0.717, 1.165) is 6.08 Å². The largest absolute Gasteiger partial charge is 0.392 e. The number of amides is 1. The molecule has 8 heteroatoms. The highest BCUT2D eigenvalue weighted by molar-refractivity contribution is 6.37. The van der Waals surface area contributed by atoms with Crippen LogP contribution in [0.3, 0.4) is 0 Å². The minimum Gasteiger partial charge on any atom is -0.392 e. The van der Waals surface area contributed by atoms with Crippen molar-refractivity contribution < 1.29 is 23.5 Å². The molecular formula is C24H25ClF2N2O3. The van der Waals surface area contributed by atoms with Crippen LogP contribution < -0.4 is 10.6 Å². The maximum absolute atomic E-state index is 14.0. The number of ketones is 1. The summed E-state index contributed by atoms with van der Waals surface area (Å²) in [6, 6.07) is 3.79.